The molecule has 0 saturated carbocycles. The van der Waals surface area contributed by atoms with Gasteiger partial charge in [-0.2, -0.15) is 0 Å². The van der Waals surface area contributed by atoms with Crippen molar-refractivity contribution < 1.29 is 4.74 Å². The molecule has 0 aliphatic heterocycles. The molecule has 1 rings (SSSR count). The Morgan fingerprint density at radius 1 is 1.21 bits per heavy atom. The molecule has 19 heavy (non-hydrogen) atoms. The molecule has 0 radical (unpaired) electrons. The van der Waals surface area contributed by atoms with Crippen molar-refractivity contribution >= 4 is 15.9 Å². The van der Waals surface area contributed by atoms with Gasteiger partial charge in [0.25, 0.3) is 0 Å². The fraction of sp³-hybridized carbons (Fsp3) is 0.625. The normalized spacial score (nSPS) is 12.4. The first-order chi connectivity index (χ1) is 9.22. The minimum Gasteiger partial charge on any atom is -0.492 e. The molecule has 0 fully saturated rings. The summed E-state index contributed by atoms with van der Waals surface area (Å²) in [5, 5.41) is 3.41. The first kappa shape index (κ1) is 16.5. The summed E-state index contributed by atoms with van der Waals surface area (Å²) in [7, 11) is 2.03. The zero-order chi connectivity index (χ0) is 14.1. The second-order valence-electron chi connectivity index (χ2n) is 4.88. The van der Waals surface area contributed by atoms with Gasteiger partial charge in [0.15, 0.2) is 0 Å². The van der Waals surface area contributed by atoms with Gasteiger partial charge in [-0.1, -0.05) is 39.2 Å². The number of ether oxygens (including phenoxy) is 1. The summed E-state index contributed by atoms with van der Waals surface area (Å²) in [4.78, 5) is 0. The topological polar surface area (TPSA) is 21.3 Å². The van der Waals surface area contributed by atoms with Crippen LogP contribution in [0.3, 0.4) is 0 Å². The van der Waals surface area contributed by atoms with Gasteiger partial charge in [0.1, 0.15) is 5.75 Å². The quantitative estimate of drug-likeness (QED) is 0.638. The molecule has 0 heterocycles. The number of rotatable bonds is 9. The second-order valence-corrected chi connectivity index (χ2v) is 5.73. The Morgan fingerprint density at radius 3 is 2.58 bits per heavy atom. The van der Waals surface area contributed by atoms with Crippen LogP contribution >= 0.6 is 15.9 Å². The predicted molar refractivity (Wildman–Crippen MR) is 85.9 cm³/mol. The Hall–Kier alpha value is -0.540. The summed E-state index contributed by atoms with van der Waals surface area (Å²) in [6.45, 7) is 5.13. The van der Waals surface area contributed by atoms with Crippen molar-refractivity contribution in [3.05, 3.63) is 28.2 Å². The van der Waals surface area contributed by atoms with Crippen molar-refractivity contribution in [2.75, 3.05) is 13.7 Å². The third-order valence-corrected chi connectivity index (χ3v) is 3.88. The lowest BCUT2D eigenvalue weighted by atomic mass is 10.0. The molecule has 0 spiro atoms. The van der Waals surface area contributed by atoms with Crippen LogP contribution in [-0.2, 0) is 0 Å². The van der Waals surface area contributed by atoms with Gasteiger partial charge in [-0.05, 0) is 53.5 Å². The molecule has 1 N–H and O–H groups in total. The molecular weight excluding hydrogens is 302 g/mol. The lowest BCUT2D eigenvalue weighted by molar-refractivity contribution is 0.315. The maximum Gasteiger partial charge on any atom is 0.133 e. The first-order valence-corrected chi connectivity index (χ1v) is 8.11. The fourth-order valence-electron chi connectivity index (χ4n) is 2.14. The summed E-state index contributed by atoms with van der Waals surface area (Å²) < 4.78 is 6.74. The van der Waals surface area contributed by atoms with Crippen LogP contribution in [0.2, 0.25) is 0 Å². The fourth-order valence-corrected chi connectivity index (χ4v) is 2.65. The van der Waals surface area contributed by atoms with Crippen molar-refractivity contribution in [1.29, 1.82) is 0 Å². The van der Waals surface area contributed by atoms with Crippen LogP contribution in [0.5, 0.6) is 5.75 Å². The highest BCUT2D eigenvalue weighted by molar-refractivity contribution is 9.10. The van der Waals surface area contributed by atoms with Gasteiger partial charge in [-0.3, -0.25) is 0 Å². The number of benzene rings is 1. The van der Waals surface area contributed by atoms with E-state index in [9.17, 15) is 0 Å². The van der Waals surface area contributed by atoms with Crippen molar-refractivity contribution in [2.24, 2.45) is 0 Å². The van der Waals surface area contributed by atoms with Crippen molar-refractivity contribution in [1.82, 2.24) is 5.32 Å². The van der Waals surface area contributed by atoms with E-state index in [2.05, 4.69) is 53.3 Å². The molecule has 0 aromatic heterocycles. The zero-order valence-corrected chi connectivity index (χ0v) is 13.9. The zero-order valence-electron chi connectivity index (χ0n) is 12.3. The average Bonchev–Trinajstić information content (AvgIpc) is 2.42. The molecule has 3 heteroatoms. The molecule has 0 aliphatic carbocycles. The highest BCUT2D eigenvalue weighted by atomic mass is 79.9. The van der Waals surface area contributed by atoms with Gasteiger partial charge in [0.2, 0.25) is 0 Å². The standard InChI is InChI=1S/C16H26BrNO/c1-4-6-7-8-15(18-3)13-9-10-16(14(17)12-13)19-11-5-2/h9-10,12,15,18H,4-8,11H2,1-3H3. The van der Waals surface area contributed by atoms with Crippen LogP contribution in [0.4, 0.5) is 0 Å². The summed E-state index contributed by atoms with van der Waals surface area (Å²) >= 11 is 3.60. The smallest absolute Gasteiger partial charge is 0.133 e. The van der Waals surface area contributed by atoms with Crippen molar-refractivity contribution in [2.45, 2.75) is 52.0 Å². The maximum absolute atomic E-state index is 5.69. The van der Waals surface area contributed by atoms with Gasteiger partial charge < -0.3 is 10.1 Å². The molecule has 2 nitrogen and oxygen atoms in total. The third-order valence-electron chi connectivity index (χ3n) is 3.26. The summed E-state index contributed by atoms with van der Waals surface area (Å²) in [5.41, 5.74) is 1.33. The van der Waals surface area contributed by atoms with Crippen LogP contribution in [-0.4, -0.2) is 13.7 Å². The lowest BCUT2D eigenvalue weighted by Gasteiger charge is -2.18. The van der Waals surface area contributed by atoms with E-state index in [0.717, 1.165) is 23.2 Å². The van der Waals surface area contributed by atoms with Crippen LogP contribution < -0.4 is 10.1 Å². The van der Waals surface area contributed by atoms with E-state index in [1.54, 1.807) is 0 Å². The van der Waals surface area contributed by atoms with Gasteiger partial charge in [0.05, 0.1) is 11.1 Å². The van der Waals surface area contributed by atoms with Gasteiger partial charge in [0, 0.05) is 6.04 Å². The molecule has 0 bridgehead atoms. The van der Waals surface area contributed by atoms with E-state index < -0.39 is 0 Å². The van der Waals surface area contributed by atoms with Crippen LogP contribution in [0.15, 0.2) is 22.7 Å². The van der Waals surface area contributed by atoms with E-state index in [4.69, 9.17) is 4.74 Å². The van der Waals surface area contributed by atoms with E-state index in [1.807, 2.05) is 7.05 Å². The number of unbranched alkanes of at least 4 members (excludes halogenated alkanes) is 2. The number of nitrogens with one attached hydrogen (secondary N) is 1. The molecule has 1 unspecified atom stereocenters. The molecule has 1 aromatic carbocycles. The van der Waals surface area contributed by atoms with Crippen molar-refractivity contribution in [3.8, 4) is 5.75 Å². The maximum atomic E-state index is 5.69. The molecular formula is C16H26BrNO. The minimum absolute atomic E-state index is 0.433. The van der Waals surface area contributed by atoms with E-state index >= 15 is 0 Å². The second kappa shape index (κ2) is 9.38. The molecule has 0 amide bonds. The number of hydrogen-bond donors (Lipinski definition) is 1. The molecule has 1 atom stereocenters. The Kier molecular flexibility index (Phi) is 8.15. The Labute approximate surface area is 126 Å². The highest BCUT2D eigenvalue weighted by Gasteiger charge is 2.11. The number of halogens is 1. The highest BCUT2D eigenvalue weighted by Crippen LogP contribution is 2.30. The summed E-state index contributed by atoms with van der Waals surface area (Å²) in [5.74, 6) is 0.939. The first-order valence-electron chi connectivity index (χ1n) is 7.32. The van der Waals surface area contributed by atoms with Crippen LogP contribution in [0.1, 0.15) is 57.6 Å². The van der Waals surface area contributed by atoms with Crippen molar-refractivity contribution in [3.63, 3.8) is 0 Å². The average molecular weight is 328 g/mol. The van der Waals surface area contributed by atoms with E-state index in [1.165, 1.54) is 31.2 Å². The Balaban J connectivity index is 2.68. The molecule has 1 aromatic rings. The van der Waals surface area contributed by atoms with Gasteiger partial charge in [-0.15, -0.1) is 0 Å². The van der Waals surface area contributed by atoms with E-state index in [-0.39, 0.29) is 0 Å². The molecule has 108 valence electrons. The lowest BCUT2D eigenvalue weighted by Crippen LogP contribution is -2.16. The van der Waals surface area contributed by atoms with Crippen LogP contribution in [0, 0.1) is 0 Å². The predicted octanol–water partition coefficient (Wildman–Crippen LogP) is 5.08. The van der Waals surface area contributed by atoms with Crippen LogP contribution in [0.25, 0.3) is 0 Å². The monoisotopic (exact) mass is 327 g/mol. The molecule has 0 aliphatic rings. The van der Waals surface area contributed by atoms with E-state index in [0.29, 0.717) is 6.04 Å². The summed E-state index contributed by atoms with van der Waals surface area (Å²) in [6.07, 6.45) is 6.06. The summed E-state index contributed by atoms with van der Waals surface area (Å²) in [6, 6.07) is 6.85. The number of hydrogen-bond acceptors (Lipinski definition) is 2. The molecule has 0 saturated heterocycles. The van der Waals surface area contributed by atoms with Gasteiger partial charge in [-0.25, -0.2) is 0 Å². The largest absolute Gasteiger partial charge is 0.492 e. The Bertz CT molecular complexity index is 368. The Morgan fingerprint density at radius 2 is 2.00 bits per heavy atom. The minimum atomic E-state index is 0.433. The third kappa shape index (κ3) is 5.53. The van der Waals surface area contributed by atoms with Gasteiger partial charge >= 0.3 is 0 Å². The SMILES string of the molecule is CCCCCC(NC)c1ccc(OCCC)c(Br)c1.